The Balaban J connectivity index is 1.92. The molecule has 1 aliphatic rings. The van der Waals surface area contributed by atoms with Gasteiger partial charge in [-0.2, -0.15) is 0 Å². The number of halogens is 1. The maximum absolute atomic E-state index is 5.36. The topological polar surface area (TPSA) is 56.3 Å². The molecule has 1 aliphatic heterocycles. The molecule has 6 heteroatoms. The highest BCUT2D eigenvalue weighted by Gasteiger charge is 2.13. The molecule has 5 nitrogen and oxygen atoms in total. The molecule has 0 bridgehead atoms. The molecular weight excluding hydrogens is 309 g/mol. The first-order chi connectivity index (χ1) is 7.34. The molecule has 0 spiro atoms. The molecule has 0 aromatic carbocycles. The van der Waals surface area contributed by atoms with Crippen molar-refractivity contribution >= 4 is 28.5 Å². The third kappa shape index (κ3) is 3.54. The van der Waals surface area contributed by atoms with Crippen molar-refractivity contribution in [2.75, 3.05) is 31.7 Å². The van der Waals surface area contributed by atoms with Gasteiger partial charge in [-0.1, -0.05) is 0 Å². The third-order valence-corrected chi connectivity index (χ3v) is 2.52. The molecule has 2 heterocycles. The number of ether oxygens (including phenoxy) is 2. The van der Waals surface area contributed by atoms with Crippen LogP contribution in [0.3, 0.4) is 0 Å². The minimum atomic E-state index is 0.132. The first kappa shape index (κ1) is 11.0. The van der Waals surface area contributed by atoms with Gasteiger partial charge in [0, 0.05) is 16.0 Å². The zero-order valence-electron chi connectivity index (χ0n) is 8.15. The largest absolute Gasteiger partial charge is 0.377 e. The van der Waals surface area contributed by atoms with E-state index in [0.717, 1.165) is 3.57 Å². The fourth-order valence-corrected chi connectivity index (χ4v) is 1.55. The van der Waals surface area contributed by atoms with Gasteiger partial charge in [-0.3, -0.25) is 0 Å². The number of rotatable bonds is 2. The Labute approximate surface area is 102 Å². The molecule has 2 rings (SSSR count). The number of anilines is 1. The maximum Gasteiger partial charge on any atom is 0.223 e. The summed E-state index contributed by atoms with van der Waals surface area (Å²) in [5.74, 6) is 0.620. The lowest BCUT2D eigenvalue weighted by atomic mass is 10.3. The quantitative estimate of drug-likeness (QED) is 0.821. The van der Waals surface area contributed by atoms with Crippen molar-refractivity contribution in [3.05, 3.63) is 16.0 Å². The Hall–Kier alpha value is -0.470. The summed E-state index contributed by atoms with van der Waals surface area (Å²) in [6, 6.07) is 0.132. The lowest BCUT2D eigenvalue weighted by Gasteiger charge is -2.14. The van der Waals surface area contributed by atoms with Crippen molar-refractivity contribution in [1.29, 1.82) is 0 Å². The zero-order valence-corrected chi connectivity index (χ0v) is 10.3. The van der Waals surface area contributed by atoms with Gasteiger partial charge in [-0.25, -0.2) is 9.97 Å². The molecule has 0 amide bonds. The van der Waals surface area contributed by atoms with E-state index in [1.807, 2.05) is 0 Å². The van der Waals surface area contributed by atoms with Gasteiger partial charge >= 0.3 is 0 Å². The minimum absolute atomic E-state index is 0.132. The van der Waals surface area contributed by atoms with Crippen LogP contribution in [0.25, 0.3) is 0 Å². The maximum atomic E-state index is 5.36. The van der Waals surface area contributed by atoms with Crippen molar-refractivity contribution in [3.63, 3.8) is 0 Å². The van der Waals surface area contributed by atoms with Crippen molar-refractivity contribution in [2.45, 2.75) is 6.04 Å². The van der Waals surface area contributed by atoms with Gasteiger partial charge in [-0.05, 0) is 22.6 Å². The summed E-state index contributed by atoms with van der Waals surface area (Å²) in [4.78, 5) is 8.32. The van der Waals surface area contributed by atoms with Gasteiger partial charge in [0.05, 0.1) is 32.5 Å². The Morgan fingerprint density at radius 3 is 2.40 bits per heavy atom. The fraction of sp³-hybridized carbons (Fsp3) is 0.556. The van der Waals surface area contributed by atoms with E-state index in [9.17, 15) is 0 Å². The monoisotopic (exact) mass is 321 g/mol. The van der Waals surface area contributed by atoms with Crippen molar-refractivity contribution in [1.82, 2.24) is 9.97 Å². The normalized spacial score (nSPS) is 18.5. The first-order valence-electron chi connectivity index (χ1n) is 4.74. The Kier molecular flexibility index (Phi) is 4.09. The van der Waals surface area contributed by atoms with Crippen LogP contribution in [0.4, 0.5) is 5.95 Å². The van der Waals surface area contributed by atoms with Gasteiger partial charge < -0.3 is 14.8 Å². The van der Waals surface area contributed by atoms with Crippen LogP contribution in [0.15, 0.2) is 12.4 Å². The highest BCUT2D eigenvalue weighted by atomic mass is 127. The summed E-state index contributed by atoms with van der Waals surface area (Å²) < 4.78 is 11.7. The summed E-state index contributed by atoms with van der Waals surface area (Å²) in [5, 5.41) is 3.17. The molecular formula is C9H12IN3O2. The lowest BCUT2D eigenvalue weighted by Crippen LogP contribution is -2.29. The van der Waals surface area contributed by atoms with Crippen LogP contribution in [0.5, 0.6) is 0 Å². The van der Waals surface area contributed by atoms with Crippen LogP contribution in [-0.4, -0.2) is 42.4 Å². The number of nitrogens with zero attached hydrogens (tertiary/aromatic N) is 2. The second-order valence-electron chi connectivity index (χ2n) is 3.22. The van der Waals surface area contributed by atoms with E-state index in [1.54, 1.807) is 12.4 Å². The molecule has 82 valence electrons. The van der Waals surface area contributed by atoms with E-state index in [2.05, 4.69) is 37.9 Å². The van der Waals surface area contributed by atoms with Gasteiger partial charge in [-0.15, -0.1) is 0 Å². The minimum Gasteiger partial charge on any atom is -0.377 e. The SMILES string of the molecule is Ic1cnc(NC2COCCOC2)nc1. The molecule has 1 fully saturated rings. The van der Waals surface area contributed by atoms with Crippen LogP contribution in [0.2, 0.25) is 0 Å². The van der Waals surface area contributed by atoms with Gasteiger partial charge in [0.1, 0.15) is 0 Å². The second-order valence-corrected chi connectivity index (χ2v) is 4.46. The molecule has 0 atom stereocenters. The van der Waals surface area contributed by atoms with Crippen LogP contribution in [0.1, 0.15) is 0 Å². The molecule has 1 aromatic heterocycles. The van der Waals surface area contributed by atoms with Crippen LogP contribution in [-0.2, 0) is 9.47 Å². The van der Waals surface area contributed by atoms with Crippen molar-refractivity contribution < 1.29 is 9.47 Å². The smallest absolute Gasteiger partial charge is 0.223 e. The van der Waals surface area contributed by atoms with Crippen molar-refractivity contribution in [3.8, 4) is 0 Å². The van der Waals surface area contributed by atoms with Gasteiger partial charge in [0.2, 0.25) is 5.95 Å². The summed E-state index contributed by atoms with van der Waals surface area (Å²) in [5.41, 5.74) is 0. The van der Waals surface area contributed by atoms with Crippen LogP contribution in [0, 0.1) is 3.57 Å². The average Bonchev–Trinajstić information content (AvgIpc) is 2.50. The highest BCUT2D eigenvalue weighted by molar-refractivity contribution is 14.1. The second kappa shape index (κ2) is 5.57. The Morgan fingerprint density at radius 1 is 1.20 bits per heavy atom. The summed E-state index contributed by atoms with van der Waals surface area (Å²) >= 11 is 2.17. The molecule has 0 saturated carbocycles. The summed E-state index contributed by atoms with van der Waals surface area (Å²) in [6.45, 7) is 2.59. The molecule has 1 aromatic rings. The number of nitrogens with one attached hydrogen (secondary N) is 1. The zero-order chi connectivity index (χ0) is 10.5. The number of aromatic nitrogens is 2. The fourth-order valence-electron chi connectivity index (χ4n) is 1.27. The molecule has 1 N–H and O–H groups in total. The predicted molar refractivity (Wildman–Crippen MR) is 63.8 cm³/mol. The van der Waals surface area contributed by atoms with E-state index >= 15 is 0 Å². The third-order valence-electron chi connectivity index (χ3n) is 1.96. The summed E-state index contributed by atoms with van der Waals surface area (Å²) in [7, 11) is 0. The number of hydrogen-bond acceptors (Lipinski definition) is 5. The van der Waals surface area contributed by atoms with Crippen LogP contribution < -0.4 is 5.32 Å². The van der Waals surface area contributed by atoms with Crippen molar-refractivity contribution in [2.24, 2.45) is 0 Å². The predicted octanol–water partition coefficient (Wildman–Crippen LogP) is 0.909. The van der Waals surface area contributed by atoms with E-state index in [1.165, 1.54) is 0 Å². The Morgan fingerprint density at radius 2 is 1.80 bits per heavy atom. The first-order valence-corrected chi connectivity index (χ1v) is 5.82. The van der Waals surface area contributed by atoms with E-state index < -0.39 is 0 Å². The average molecular weight is 321 g/mol. The van der Waals surface area contributed by atoms with E-state index in [4.69, 9.17) is 9.47 Å². The van der Waals surface area contributed by atoms with E-state index in [-0.39, 0.29) is 6.04 Å². The lowest BCUT2D eigenvalue weighted by molar-refractivity contribution is 0.103. The standard InChI is InChI=1S/C9H12IN3O2/c10-7-3-11-9(12-4-7)13-8-5-14-1-2-15-6-8/h3-4,8H,1-2,5-6H2,(H,11,12,13). The molecule has 0 aliphatic carbocycles. The van der Waals surface area contributed by atoms with Crippen LogP contribution >= 0.6 is 22.6 Å². The molecule has 0 radical (unpaired) electrons. The van der Waals surface area contributed by atoms with Gasteiger partial charge in [0.15, 0.2) is 0 Å². The van der Waals surface area contributed by atoms with E-state index in [0.29, 0.717) is 32.4 Å². The molecule has 1 saturated heterocycles. The molecule has 0 unspecified atom stereocenters. The van der Waals surface area contributed by atoms with Gasteiger partial charge in [0.25, 0.3) is 0 Å². The highest BCUT2D eigenvalue weighted by Crippen LogP contribution is 2.05. The Bertz CT molecular complexity index is 299. The molecule has 15 heavy (non-hydrogen) atoms. The summed E-state index contributed by atoms with van der Waals surface area (Å²) in [6.07, 6.45) is 3.54. The number of hydrogen-bond donors (Lipinski definition) is 1.